The Kier molecular flexibility index (Phi) is 7.44. The van der Waals surface area contributed by atoms with E-state index in [2.05, 4.69) is 5.32 Å². The second kappa shape index (κ2) is 10.0. The molecule has 6 nitrogen and oxygen atoms in total. The minimum atomic E-state index is -3.76. The number of carbonyl (C=O) groups excluding carboxylic acids is 1. The van der Waals surface area contributed by atoms with Gasteiger partial charge in [0.05, 0.1) is 7.11 Å². The molecule has 162 valence electrons. The smallest absolute Gasteiger partial charge is 0.251 e. The van der Waals surface area contributed by atoms with Gasteiger partial charge in [0.25, 0.3) is 5.91 Å². The quantitative estimate of drug-likeness (QED) is 0.725. The highest BCUT2D eigenvalue weighted by Gasteiger charge is 2.29. The number of nitrogens with one attached hydrogen (secondary N) is 1. The van der Waals surface area contributed by atoms with Gasteiger partial charge in [-0.1, -0.05) is 25.0 Å². The topological polar surface area (TPSA) is 75.7 Å². The van der Waals surface area contributed by atoms with E-state index in [1.807, 2.05) is 0 Å². The third kappa shape index (κ3) is 5.37. The molecule has 0 radical (unpaired) electrons. The van der Waals surface area contributed by atoms with Gasteiger partial charge in [-0.15, -0.1) is 0 Å². The Bertz CT molecular complexity index is 969. The van der Waals surface area contributed by atoms with Crippen LogP contribution < -0.4 is 10.1 Å². The third-order valence-electron chi connectivity index (χ3n) is 5.22. The first-order valence-electron chi connectivity index (χ1n) is 10.1. The van der Waals surface area contributed by atoms with Gasteiger partial charge in [-0.05, 0) is 55.2 Å². The molecule has 1 aliphatic heterocycles. The first-order chi connectivity index (χ1) is 14.4. The van der Waals surface area contributed by atoms with E-state index in [9.17, 15) is 17.6 Å². The van der Waals surface area contributed by atoms with E-state index in [-0.39, 0.29) is 27.9 Å². The highest BCUT2D eigenvalue weighted by molar-refractivity contribution is 7.89. The van der Waals surface area contributed by atoms with Gasteiger partial charge >= 0.3 is 0 Å². The normalized spacial score (nSPS) is 15.4. The summed E-state index contributed by atoms with van der Waals surface area (Å²) < 4.78 is 46.1. The zero-order chi connectivity index (χ0) is 21.6. The fourth-order valence-electron chi connectivity index (χ4n) is 3.51. The van der Waals surface area contributed by atoms with Crippen LogP contribution in [0.1, 0.15) is 41.6 Å². The number of sulfonamides is 1. The highest BCUT2D eigenvalue weighted by atomic mass is 32.2. The van der Waals surface area contributed by atoms with Crippen molar-refractivity contribution in [1.29, 1.82) is 0 Å². The lowest BCUT2D eigenvalue weighted by Crippen LogP contribution is -2.32. The number of carbonyl (C=O) groups is 1. The van der Waals surface area contributed by atoms with E-state index in [1.165, 1.54) is 35.7 Å². The van der Waals surface area contributed by atoms with Crippen molar-refractivity contribution < 1.29 is 22.3 Å². The average Bonchev–Trinajstić information content (AvgIpc) is 3.05. The Morgan fingerprint density at radius 1 is 1.07 bits per heavy atom. The third-order valence-corrected chi connectivity index (χ3v) is 7.14. The van der Waals surface area contributed by atoms with Crippen LogP contribution in [0.15, 0.2) is 47.4 Å². The zero-order valence-corrected chi connectivity index (χ0v) is 17.9. The summed E-state index contributed by atoms with van der Waals surface area (Å²) in [6.07, 6.45) is 4.22. The Hall–Kier alpha value is -2.45. The van der Waals surface area contributed by atoms with E-state index < -0.39 is 10.0 Å². The SMILES string of the molecule is COc1ccc(C(=O)NCCc2ccc(F)cc2)cc1S(=O)(=O)N1CCCCCC1. The number of hydrogen-bond donors (Lipinski definition) is 1. The molecule has 1 saturated heterocycles. The summed E-state index contributed by atoms with van der Waals surface area (Å²) in [5.41, 5.74) is 1.15. The summed E-state index contributed by atoms with van der Waals surface area (Å²) in [6.45, 7) is 1.30. The van der Waals surface area contributed by atoms with Gasteiger partial charge in [0.15, 0.2) is 0 Å². The number of hydrogen-bond acceptors (Lipinski definition) is 4. The van der Waals surface area contributed by atoms with Crippen LogP contribution in [-0.4, -0.2) is 45.4 Å². The molecule has 0 atom stereocenters. The number of nitrogens with zero attached hydrogens (tertiary/aromatic N) is 1. The standard InChI is InChI=1S/C22H27FN2O4S/c1-29-20-11-8-18(22(26)24-13-12-17-6-9-19(23)10-7-17)16-21(20)30(27,28)25-14-4-2-3-5-15-25/h6-11,16H,2-5,12-15H2,1H3,(H,24,26). The van der Waals surface area contributed by atoms with Crippen molar-refractivity contribution in [3.8, 4) is 5.75 Å². The maximum absolute atomic E-state index is 13.2. The van der Waals surface area contributed by atoms with Crippen LogP contribution in [0, 0.1) is 5.82 Å². The average molecular weight is 435 g/mol. The van der Waals surface area contributed by atoms with E-state index in [4.69, 9.17) is 4.74 Å². The number of rotatable bonds is 7. The van der Waals surface area contributed by atoms with E-state index >= 15 is 0 Å². The van der Waals surface area contributed by atoms with Crippen LogP contribution in [-0.2, 0) is 16.4 Å². The summed E-state index contributed by atoms with van der Waals surface area (Å²) in [5.74, 6) is -0.451. The highest BCUT2D eigenvalue weighted by Crippen LogP contribution is 2.29. The summed E-state index contributed by atoms with van der Waals surface area (Å²) >= 11 is 0. The van der Waals surface area contributed by atoms with E-state index in [0.717, 1.165) is 31.2 Å². The lowest BCUT2D eigenvalue weighted by atomic mass is 10.1. The van der Waals surface area contributed by atoms with Gasteiger partial charge in [0, 0.05) is 25.2 Å². The largest absolute Gasteiger partial charge is 0.495 e. The molecule has 2 aromatic rings. The lowest BCUT2D eigenvalue weighted by Gasteiger charge is -2.21. The molecule has 0 aromatic heterocycles. The fraction of sp³-hybridized carbons (Fsp3) is 0.409. The molecular formula is C22H27FN2O4S. The Morgan fingerprint density at radius 3 is 2.37 bits per heavy atom. The van der Waals surface area contributed by atoms with Gasteiger partial charge in [-0.3, -0.25) is 4.79 Å². The Labute approximate surface area is 177 Å². The maximum Gasteiger partial charge on any atom is 0.251 e. The molecular weight excluding hydrogens is 407 g/mol. The molecule has 3 rings (SSSR count). The van der Waals surface area contributed by atoms with Crippen LogP contribution in [0.5, 0.6) is 5.75 Å². The minimum Gasteiger partial charge on any atom is -0.495 e. The van der Waals surface area contributed by atoms with Crippen LogP contribution in [0.4, 0.5) is 4.39 Å². The van der Waals surface area contributed by atoms with Crippen LogP contribution in [0.2, 0.25) is 0 Å². The molecule has 2 aromatic carbocycles. The molecule has 1 fully saturated rings. The predicted octanol–water partition coefficient (Wildman–Crippen LogP) is 3.37. The molecule has 0 unspecified atom stereocenters. The van der Waals surface area contributed by atoms with Crippen molar-refractivity contribution in [2.75, 3.05) is 26.7 Å². The monoisotopic (exact) mass is 434 g/mol. The molecule has 1 amide bonds. The summed E-state index contributed by atoms with van der Waals surface area (Å²) in [5, 5.41) is 2.79. The second-order valence-corrected chi connectivity index (χ2v) is 9.22. The van der Waals surface area contributed by atoms with Crippen LogP contribution >= 0.6 is 0 Å². The van der Waals surface area contributed by atoms with Gasteiger partial charge in [-0.25, -0.2) is 12.8 Å². The van der Waals surface area contributed by atoms with Crippen molar-refractivity contribution >= 4 is 15.9 Å². The van der Waals surface area contributed by atoms with E-state index in [1.54, 1.807) is 18.2 Å². The molecule has 0 aliphatic carbocycles. The first-order valence-corrected chi connectivity index (χ1v) is 11.6. The van der Waals surface area contributed by atoms with E-state index in [0.29, 0.717) is 26.1 Å². The number of benzene rings is 2. The molecule has 1 heterocycles. The van der Waals surface area contributed by atoms with Gasteiger partial charge in [0.2, 0.25) is 10.0 Å². The molecule has 1 aliphatic rings. The molecule has 30 heavy (non-hydrogen) atoms. The zero-order valence-electron chi connectivity index (χ0n) is 17.1. The van der Waals surface area contributed by atoms with Crippen molar-refractivity contribution in [2.45, 2.75) is 37.0 Å². The number of methoxy groups -OCH3 is 1. The van der Waals surface area contributed by atoms with Crippen molar-refractivity contribution in [3.05, 3.63) is 59.4 Å². The summed E-state index contributed by atoms with van der Waals surface area (Å²) in [7, 11) is -2.34. The number of amides is 1. The van der Waals surface area contributed by atoms with Gasteiger partial charge in [0.1, 0.15) is 16.5 Å². The van der Waals surface area contributed by atoms with Crippen molar-refractivity contribution in [2.24, 2.45) is 0 Å². The Morgan fingerprint density at radius 2 is 1.73 bits per heavy atom. The molecule has 8 heteroatoms. The minimum absolute atomic E-state index is 0.0121. The fourth-order valence-corrected chi connectivity index (χ4v) is 5.21. The van der Waals surface area contributed by atoms with Crippen molar-refractivity contribution in [1.82, 2.24) is 9.62 Å². The lowest BCUT2D eigenvalue weighted by molar-refractivity contribution is 0.0954. The molecule has 0 saturated carbocycles. The summed E-state index contributed by atoms with van der Waals surface area (Å²) in [4.78, 5) is 12.6. The summed E-state index contributed by atoms with van der Waals surface area (Å²) in [6, 6.07) is 10.5. The Balaban J connectivity index is 1.74. The number of halogens is 1. The second-order valence-electron chi connectivity index (χ2n) is 7.32. The molecule has 0 spiro atoms. The van der Waals surface area contributed by atoms with Gasteiger partial charge < -0.3 is 10.1 Å². The van der Waals surface area contributed by atoms with Gasteiger partial charge in [-0.2, -0.15) is 4.31 Å². The molecule has 1 N–H and O–H groups in total. The first kappa shape index (κ1) is 22.2. The molecule has 0 bridgehead atoms. The number of ether oxygens (including phenoxy) is 1. The maximum atomic E-state index is 13.2. The van der Waals surface area contributed by atoms with Crippen molar-refractivity contribution in [3.63, 3.8) is 0 Å². The predicted molar refractivity (Wildman–Crippen MR) is 113 cm³/mol. The van der Waals surface area contributed by atoms with Crippen LogP contribution in [0.3, 0.4) is 0 Å². The van der Waals surface area contributed by atoms with Crippen LogP contribution in [0.25, 0.3) is 0 Å².